The zero-order chi connectivity index (χ0) is 20.2. The van der Waals surface area contributed by atoms with Gasteiger partial charge in [-0.2, -0.15) is 4.98 Å². The largest absolute Gasteiger partial charge is 0.339 e. The molecule has 0 spiro atoms. The Kier molecular flexibility index (Phi) is 5.67. The molecule has 1 N–H and O–H groups in total. The van der Waals surface area contributed by atoms with Crippen molar-refractivity contribution in [3.8, 4) is 11.4 Å². The van der Waals surface area contributed by atoms with E-state index >= 15 is 0 Å². The first-order valence-electron chi connectivity index (χ1n) is 9.75. The molecule has 2 heterocycles. The molecule has 150 valence electrons. The monoisotopic (exact) mass is 394 g/mol. The molecule has 1 fully saturated rings. The number of nitrogens with zero attached hydrogens (tertiary/aromatic N) is 3. The van der Waals surface area contributed by atoms with Crippen molar-refractivity contribution in [3.63, 3.8) is 0 Å². The highest BCUT2D eigenvalue weighted by Crippen LogP contribution is 2.28. The first kappa shape index (κ1) is 19.3. The molecule has 1 aliphatic rings. The van der Waals surface area contributed by atoms with E-state index in [0.29, 0.717) is 18.3 Å². The molecule has 0 aliphatic carbocycles. The number of hydrogen-bond acceptors (Lipinski definition) is 5. The highest BCUT2D eigenvalue weighted by Gasteiger charge is 2.26. The molecule has 1 saturated heterocycles. The molecule has 0 saturated carbocycles. The Balaban J connectivity index is 1.29. The molecule has 6 nitrogen and oxygen atoms in total. The second-order valence-corrected chi connectivity index (χ2v) is 7.43. The maximum Gasteiger partial charge on any atom is 0.238 e. The number of halogens is 1. The molecule has 29 heavy (non-hydrogen) atoms. The molecule has 3 aromatic rings. The van der Waals surface area contributed by atoms with Gasteiger partial charge in [0.2, 0.25) is 17.6 Å². The number of nitrogens with one attached hydrogen (secondary N) is 1. The van der Waals surface area contributed by atoms with Gasteiger partial charge in [-0.1, -0.05) is 17.3 Å². The minimum Gasteiger partial charge on any atom is -0.339 e. The molecular weight excluding hydrogens is 371 g/mol. The van der Waals surface area contributed by atoms with Gasteiger partial charge in [-0.25, -0.2) is 4.39 Å². The maximum atomic E-state index is 13.1. The van der Waals surface area contributed by atoms with Gasteiger partial charge in [0.15, 0.2) is 0 Å². The predicted octanol–water partition coefficient (Wildman–Crippen LogP) is 4.00. The Bertz CT molecular complexity index is 978. The van der Waals surface area contributed by atoms with Gasteiger partial charge in [0.1, 0.15) is 5.82 Å². The summed E-state index contributed by atoms with van der Waals surface area (Å²) < 4.78 is 18.5. The fourth-order valence-corrected chi connectivity index (χ4v) is 3.58. The van der Waals surface area contributed by atoms with E-state index in [-0.39, 0.29) is 17.6 Å². The second kappa shape index (κ2) is 8.53. The van der Waals surface area contributed by atoms with Crippen LogP contribution in [0, 0.1) is 12.7 Å². The van der Waals surface area contributed by atoms with Crippen molar-refractivity contribution in [2.45, 2.75) is 25.7 Å². The van der Waals surface area contributed by atoms with Crippen molar-refractivity contribution in [2.24, 2.45) is 0 Å². The van der Waals surface area contributed by atoms with Gasteiger partial charge in [-0.3, -0.25) is 9.69 Å². The molecule has 0 unspecified atom stereocenters. The zero-order valence-corrected chi connectivity index (χ0v) is 16.3. The highest BCUT2D eigenvalue weighted by atomic mass is 19.1. The van der Waals surface area contributed by atoms with E-state index in [4.69, 9.17) is 4.52 Å². The van der Waals surface area contributed by atoms with E-state index in [9.17, 15) is 9.18 Å². The number of aryl methyl sites for hydroxylation is 1. The van der Waals surface area contributed by atoms with Crippen molar-refractivity contribution in [1.29, 1.82) is 0 Å². The summed E-state index contributed by atoms with van der Waals surface area (Å²) >= 11 is 0. The summed E-state index contributed by atoms with van der Waals surface area (Å²) in [6, 6.07) is 13.8. The van der Waals surface area contributed by atoms with Gasteiger partial charge in [0, 0.05) is 17.2 Å². The minimum atomic E-state index is -0.295. The zero-order valence-electron chi connectivity index (χ0n) is 16.3. The molecule has 7 heteroatoms. The standard InChI is InChI=1S/C22H23FN4O2/c1-15-3-2-4-19(13-15)24-20(28)14-27-11-9-17(10-12-27)22-25-21(26-29-22)16-5-7-18(23)8-6-16/h2-8,13,17H,9-12,14H2,1H3,(H,24,28). The number of benzene rings is 2. The van der Waals surface area contributed by atoms with Crippen LogP contribution in [-0.2, 0) is 4.79 Å². The smallest absolute Gasteiger partial charge is 0.238 e. The Morgan fingerprint density at radius 1 is 1.21 bits per heavy atom. The van der Waals surface area contributed by atoms with Crippen molar-refractivity contribution < 1.29 is 13.7 Å². The average Bonchev–Trinajstić information content (AvgIpc) is 3.19. The van der Waals surface area contributed by atoms with Crippen LogP contribution in [0.2, 0.25) is 0 Å². The van der Waals surface area contributed by atoms with Gasteiger partial charge in [0.05, 0.1) is 6.54 Å². The van der Waals surface area contributed by atoms with E-state index in [1.165, 1.54) is 12.1 Å². The second-order valence-electron chi connectivity index (χ2n) is 7.43. The average molecular weight is 394 g/mol. The highest BCUT2D eigenvalue weighted by molar-refractivity contribution is 5.92. The van der Waals surface area contributed by atoms with E-state index in [1.807, 2.05) is 31.2 Å². The molecular formula is C22H23FN4O2. The third kappa shape index (κ3) is 4.86. The first-order chi connectivity index (χ1) is 14.1. The quantitative estimate of drug-likeness (QED) is 0.708. The van der Waals surface area contributed by atoms with Crippen molar-refractivity contribution >= 4 is 11.6 Å². The number of aromatic nitrogens is 2. The van der Waals surface area contributed by atoms with E-state index < -0.39 is 0 Å². The van der Waals surface area contributed by atoms with Crippen LogP contribution in [0.1, 0.15) is 30.2 Å². The Morgan fingerprint density at radius 3 is 2.69 bits per heavy atom. The molecule has 1 aliphatic heterocycles. The number of hydrogen-bond donors (Lipinski definition) is 1. The van der Waals surface area contributed by atoms with Crippen molar-refractivity contribution in [3.05, 3.63) is 65.8 Å². The molecule has 1 amide bonds. The van der Waals surface area contributed by atoms with Crippen LogP contribution in [0.15, 0.2) is 53.1 Å². The van der Waals surface area contributed by atoms with Crippen LogP contribution in [0.25, 0.3) is 11.4 Å². The Labute approximate surface area is 168 Å². The first-order valence-corrected chi connectivity index (χ1v) is 9.75. The predicted molar refractivity (Wildman–Crippen MR) is 108 cm³/mol. The number of piperidine rings is 1. The normalized spacial score (nSPS) is 15.4. The summed E-state index contributed by atoms with van der Waals surface area (Å²) in [5.74, 6) is 0.947. The summed E-state index contributed by atoms with van der Waals surface area (Å²) in [6.07, 6.45) is 1.70. The number of rotatable bonds is 5. The van der Waals surface area contributed by atoms with Crippen molar-refractivity contribution in [2.75, 3.05) is 25.0 Å². The third-order valence-electron chi connectivity index (χ3n) is 5.15. The molecule has 1 aromatic heterocycles. The lowest BCUT2D eigenvalue weighted by molar-refractivity contribution is -0.117. The van der Waals surface area contributed by atoms with Crippen LogP contribution in [0.5, 0.6) is 0 Å². The molecule has 0 radical (unpaired) electrons. The van der Waals surface area contributed by atoms with Gasteiger partial charge in [-0.05, 0) is 74.8 Å². The number of carbonyl (C=O) groups is 1. The van der Waals surface area contributed by atoms with Crippen LogP contribution in [0.3, 0.4) is 0 Å². The lowest BCUT2D eigenvalue weighted by Gasteiger charge is -2.29. The van der Waals surface area contributed by atoms with Crippen molar-refractivity contribution in [1.82, 2.24) is 15.0 Å². The number of carbonyl (C=O) groups excluding carboxylic acids is 1. The van der Waals surface area contributed by atoms with Gasteiger partial charge >= 0.3 is 0 Å². The maximum absolute atomic E-state index is 13.1. The molecule has 0 bridgehead atoms. The van der Waals surface area contributed by atoms with E-state index in [2.05, 4.69) is 20.4 Å². The van der Waals surface area contributed by atoms with Crippen LogP contribution in [-0.4, -0.2) is 40.6 Å². The minimum absolute atomic E-state index is 0.00886. The molecule has 0 atom stereocenters. The number of likely N-dealkylation sites (tertiary alicyclic amines) is 1. The summed E-state index contributed by atoms with van der Waals surface area (Å²) in [6.45, 7) is 3.95. The van der Waals surface area contributed by atoms with E-state index in [0.717, 1.165) is 42.7 Å². The lowest BCUT2D eigenvalue weighted by Crippen LogP contribution is -2.38. The molecule has 4 rings (SSSR count). The van der Waals surface area contributed by atoms with Gasteiger partial charge in [-0.15, -0.1) is 0 Å². The summed E-state index contributed by atoms with van der Waals surface area (Å²) in [5, 5.41) is 6.98. The SMILES string of the molecule is Cc1cccc(NC(=O)CN2CCC(c3nc(-c4ccc(F)cc4)no3)CC2)c1. The van der Waals surface area contributed by atoms with Crippen LogP contribution >= 0.6 is 0 Å². The van der Waals surface area contributed by atoms with Crippen LogP contribution < -0.4 is 5.32 Å². The summed E-state index contributed by atoms with van der Waals surface area (Å²) in [7, 11) is 0. The van der Waals surface area contributed by atoms with Crippen LogP contribution in [0.4, 0.5) is 10.1 Å². The summed E-state index contributed by atoms with van der Waals surface area (Å²) in [5.41, 5.74) is 2.67. The number of anilines is 1. The Morgan fingerprint density at radius 2 is 1.97 bits per heavy atom. The third-order valence-corrected chi connectivity index (χ3v) is 5.15. The molecule has 2 aromatic carbocycles. The Hall–Kier alpha value is -3.06. The fraction of sp³-hybridized carbons (Fsp3) is 0.318. The van der Waals surface area contributed by atoms with Gasteiger partial charge in [0.25, 0.3) is 0 Å². The fourth-order valence-electron chi connectivity index (χ4n) is 3.58. The topological polar surface area (TPSA) is 71.3 Å². The lowest BCUT2D eigenvalue weighted by atomic mass is 9.97. The summed E-state index contributed by atoms with van der Waals surface area (Å²) in [4.78, 5) is 18.9. The van der Waals surface area contributed by atoms with Gasteiger partial charge < -0.3 is 9.84 Å². The van der Waals surface area contributed by atoms with E-state index in [1.54, 1.807) is 12.1 Å². The number of amides is 1.